The molecule has 2 aromatic rings. The summed E-state index contributed by atoms with van der Waals surface area (Å²) in [6.45, 7) is 4.86. The molecule has 3 atom stereocenters. The largest absolute Gasteiger partial charge is 0.0767 e. The van der Waals surface area contributed by atoms with Gasteiger partial charge in [-0.2, -0.15) is 0 Å². The second-order valence-electron chi connectivity index (χ2n) is 9.38. The minimum atomic E-state index is 0.171. The van der Waals surface area contributed by atoms with E-state index in [0.717, 1.165) is 6.42 Å². The summed E-state index contributed by atoms with van der Waals surface area (Å²) in [7, 11) is 0. The molecule has 0 N–H and O–H groups in total. The lowest BCUT2D eigenvalue weighted by atomic mass is 9.68. The summed E-state index contributed by atoms with van der Waals surface area (Å²) in [4.78, 5) is 0. The second-order valence-corrected chi connectivity index (χ2v) is 9.38. The van der Waals surface area contributed by atoms with Gasteiger partial charge in [-0.3, -0.25) is 0 Å². The van der Waals surface area contributed by atoms with Crippen molar-refractivity contribution >= 4 is 17.2 Å². The molecule has 0 saturated heterocycles. The monoisotopic (exact) mass is 374 g/mol. The van der Waals surface area contributed by atoms with E-state index in [0.29, 0.717) is 17.8 Å². The van der Waals surface area contributed by atoms with Crippen LogP contribution >= 0.6 is 0 Å². The van der Waals surface area contributed by atoms with Crippen molar-refractivity contribution in [3.63, 3.8) is 0 Å². The highest BCUT2D eigenvalue weighted by atomic mass is 14.5. The van der Waals surface area contributed by atoms with Gasteiger partial charge < -0.3 is 0 Å². The van der Waals surface area contributed by atoms with Crippen molar-refractivity contribution in [3.05, 3.63) is 112 Å². The first-order chi connectivity index (χ1) is 14.1. The zero-order valence-electron chi connectivity index (χ0n) is 17.1. The van der Waals surface area contributed by atoms with Crippen molar-refractivity contribution in [2.75, 3.05) is 0 Å². The van der Waals surface area contributed by atoms with E-state index in [2.05, 4.69) is 105 Å². The van der Waals surface area contributed by atoms with E-state index in [-0.39, 0.29) is 5.41 Å². The molecule has 4 aliphatic rings. The third-order valence-electron chi connectivity index (χ3n) is 7.55. The van der Waals surface area contributed by atoms with Crippen molar-refractivity contribution in [2.24, 2.45) is 17.8 Å². The maximum Gasteiger partial charge on any atom is 0.0128 e. The van der Waals surface area contributed by atoms with Crippen molar-refractivity contribution in [2.45, 2.75) is 25.7 Å². The summed E-state index contributed by atoms with van der Waals surface area (Å²) >= 11 is 0. The maximum absolute atomic E-state index is 2.45. The molecule has 0 amide bonds. The molecule has 0 aromatic heterocycles. The molecule has 2 aromatic carbocycles. The van der Waals surface area contributed by atoms with Crippen molar-refractivity contribution < 1.29 is 0 Å². The number of benzene rings is 2. The molecule has 0 fully saturated rings. The Morgan fingerprint density at radius 3 is 2.59 bits per heavy atom. The Morgan fingerprint density at radius 1 is 0.862 bits per heavy atom. The number of allylic oxidation sites excluding steroid dienone is 8. The predicted molar refractivity (Wildman–Crippen MR) is 122 cm³/mol. The first kappa shape index (κ1) is 17.0. The van der Waals surface area contributed by atoms with E-state index in [4.69, 9.17) is 0 Å². The van der Waals surface area contributed by atoms with Gasteiger partial charge in [-0.1, -0.05) is 105 Å². The zero-order valence-corrected chi connectivity index (χ0v) is 17.1. The van der Waals surface area contributed by atoms with E-state index in [1.807, 2.05) is 0 Å². The fourth-order valence-electron chi connectivity index (χ4n) is 6.04. The first-order valence-electron chi connectivity index (χ1n) is 10.8. The van der Waals surface area contributed by atoms with Crippen LogP contribution in [0.25, 0.3) is 17.2 Å². The molecule has 3 unspecified atom stereocenters. The molecule has 0 nitrogen and oxygen atoms in total. The van der Waals surface area contributed by atoms with Gasteiger partial charge in [-0.05, 0) is 56.0 Å². The average molecular weight is 375 g/mol. The average Bonchev–Trinajstić information content (AvgIpc) is 2.99. The standard InChI is InChI=1S/C29H26/c1-29(2)26-14-8-7-13-24(26)25-16-15-21(18-27(25)29)28-22-11-5-3-9-19(22)17-20-10-4-6-12-23(20)28/h3-17,19,22,27H,18H2,1-2H3. The van der Waals surface area contributed by atoms with Crippen LogP contribution in [0.2, 0.25) is 0 Å². The van der Waals surface area contributed by atoms with Crippen LogP contribution in [-0.4, -0.2) is 0 Å². The first-order valence-corrected chi connectivity index (χ1v) is 10.8. The molecular weight excluding hydrogens is 348 g/mol. The second kappa shape index (κ2) is 6.07. The van der Waals surface area contributed by atoms with Gasteiger partial charge in [-0.15, -0.1) is 0 Å². The highest BCUT2D eigenvalue weighted by molar-refractivity contribution is 5.83. The summed E-state index contributed by atoms with van der Waals surface area (Å²) in [6.07, 6.45) is 17.6. The van der Waals surface area contributed by atoms with Gasteiger partial charge in [0.25, 0.3) is 0 Å². The van der Waals surface area contributed by atoms with Crippen LogP contribution in [0.4, 0.5) is 0 Å². The lowest BCUT2D eigenvalue weighted by molar-refractivity contribution is 0.409. The third-order valence-corrected chi connectivity index (χ3v) is 7.55. The van der Waals surface area contributed by atoms with E-state index < -0.39 is 0 Å². The van der Waals surface area contributed by atoms with Gasteiger partial charge in [0.15, 0.2) is 0 Å². The number of fused-ring (bicyclic) bond motifs is 5. The lowest BCUT2D eigenvalue weighted by Gasteiger charge is -2.35. The molecule has 4 aliphatic carbocycles. The van der Waals surface area contributed by atoms with Crippen molar-refractivity contribution in [1.29, 1.82) is 0 Å². The Bertz CT molecular complexity index is 1260. The van der Waals surface area contributed by atoms with Gasteiger partial charge in [0, 0.05) is 11.8 Å². The minimum absolute atomic E-state index is 0.171. The molecule has 0 heterocycles. The summed E-state index contributed by atoms with van der Waals surface area (Å²) < 4.78 is 0. The molecule has 0 radical (unpaired) electrons. The van der Waals surface area contributed by atoms with E-state index >= 15 is 0 Å². The van der Waals surface area contributed by atoms with E-state index in [1.165, 1.54) is 38.3 Å². The van der Waals surface area contributed by atoms with Crippen LogP contribution in [-0.2, 0) is 5.41 Å². The highest BCUT2D eigenvalue weighted by Gasteiger charge is 2.44. The van der Waals surface area contributed by atoms with Gasteiger partial charge in [-0.25, -0.2) is 0 Å². The van der Waals surface area contributed by atoms with E-state index in [1.54, 1.807) is 0 Å². The molecule has 142 valence electrons. The SMILES string of the molecule is CC1(C)c2ccccc2C2=CC=C(C3=c4ccccc4=CC4C=CC=CC34)CC21. The smallest absolute Gasteiger partial charge is 0.0128 e. The molecule has 0 saturated carbocycles. The predicted octanol–water partition coefficient (Wildman–Crippen LogP) is 5.31. The molecule has 0 heteroatoms. The van der Waals surface area contributed by atoms with Gasteiger partial charge in [0.2, 0.25) is 0 Å². The summed E-state index contributed by atoms with van der Waals surface area (Å²) in [5, 5.41) is 2.80. The van der Waals surface area contributed by atoms with E-state index in [9.17, 15) is 0 Å². The van der Waals surface area contributed by atoms with Crippen LogP contribution in [0, 0.1) is 17.8 Å². The fraction of sp³-hybridized carbons (Fsp3) is 0.241. The van der Waals surface area contributed by atoms with Gasteiger partial charge in [0.1, 0.15) is 0 Å². The number of rotatable bonds is 1. The Morgan fingerprint density at radius 2 is 1.66 bits per heavy atom. The van der Waals surface area contributed by atoms with Crippen molar-refractivity contribution in [3.8, 4) is 0 Å². The molecule has 0 aliphatic heterocycles. The van der Waals surface area contributed by atoms with Crippen LogP contribution < -0.4 is 10.4 Å². The Kier molecular flexibility index (Phi) is 3.56. The van der Waals surface area contributed by atoms with Crippen LogP contribution in [0.15, 0.2) is 90.6 Å². The Labute approximate surface area is 173 Å². The molecule has 29 heavy (non-hydrogen) atoms. The molecular formula is C29H26. The van der Waals surface area contributed by atoms with Gasteiger partial charge in [0.05, 0.1) is 0 Å². The number of hydrogen-bond acceptors (Lipinski definition) is 0. The fourth-order valence-corrected chi connectivity index (χ4v) is 6.04. The minimum Gasteiger partial charge on any atom is -0.0767 e. The quantitative estimate of drug-likeness (QED) is 0.634. The molecule has 0 bridgehead atoms. The normalized spacial score (nSPS) is 27.8. The topological polar surface area (TPSA) is 0 Å². The lowest BCUT2D eigenvalue weighted by Crippen LogP contribution is -2.37. The Hall–Kier alpha value is -2.86. The van der Waals surface area contributed by atoms with Crippen molar-refractivity contribution in [1.82, 2.24) is 0 Å². The van der Waals surface area contributed by atoms with Crippen LogP contribution in [0.5, 0.6) is 0 Å². The van der Waals surface area contributed by atoms with Crippen LogP contribution in [0.3, 0.4) is 0 Å². The zero-order chi connectivity index (χ0) is 19.6. The highest BCUT2D eigenvalue weighted by Crippen LogP contribution is 2.55. The number of hydrogen-bond donors (Lipinski definition) is 0. The summed E-state index contributed by atoms with van der Waals surface area (Å²) in [5.74, 6) is 1.46. The maximum atomic E-state index is 2.45. The van der Waals surface area contributed by atoms with Gasteiger partial charge >= 0.3 is 0 Å². The summed E-state index contributed by atoms with van der Waals surface area (Å²) in [6, 6.07) is 18.0. The van der Waals surface area contributed by atoms with Crippen LogP contribution in [0.1, 0.15) is 31.4 Å². The Balaban J connectivity index is 1.55. The molecule has 0 spiro atoms. The molecule has 6 rings (SSSR count). The third kappa shape index (κ3) is 2.38. The summed E-state index contributed by atoms with van der Waals surface area (Å²) in [5.41, 5.74) is 7.72.